The highest BCUT2D eigenvalue weighted by atomic mass is 19.3. The molecule has 0 atom stereocenters. The lowest BCUT2D eigenvalue weighted by molar-refractivity contribution is -0.0498. The summed E-state index contributed by atoms with van der Waals surface area (Å²) in [5, 5.41) is 0.720. The van der Waals surface area contributed by atoms with Crippen molar-refractivity contribution in [2.75, 3.05) is 0 Å². The van der Waals surface area contributed by atoms with Crippen molar-refractivity contribution in [3.63, 3.8) is 0 Å². The second-order valence-electron chi connectivity index (χ2n) is 5.78. The first-order chi connectivity index (χ1) is 13.0. The molecule has 0 aliphatic heterocycles. The molecule has 136 valence electrons. The van der Waals surface area contributed by atoms with Crippen LogP contribution in [0.3, 0.4) is 0 Å². The number of nitrogens with zero attached hydrogens (tertiary/aromatic N) is 2. The Labute approximate surface area is 150 Å². The quantitative estimate of drug-likeness (QED) is 0.502. The molecular formula is C19H12F2N2O4. The smallest absolute Gasteiger partial charge is 0.387 e. The molecule has 0 amide bonds. The molecule has 0 aliphatic rings. The molecule has 6 nitrogen and oxygen atoms in total. The summed E-state index contributed by atoms with van der Waals surface area (Å²) in [6, 6.07) is 12.4. The summed E-state index contributed by atoms with van der Waals surface area (Å²) < 4.78 is 35.3. The number of carbonyl (C=O) groups excluding carboxylic acids is 1. The zero-order valence-electron chi connectivity index (χ0n) is 13.8. The van der Waals surface area contributed by atoms with Gasteiger partial charge in [-0.15, -0.1) is 0 Å². The number of carbonyl (C=O) groups is 1. The summed E-state index contributed by atoms with van der Waals surface area (Å²) in [6.45, 7) is -3.19. The van der Waals surface area contributed by atoms with Gasteiger partial charge in [0.2, 0.25) is 5.58 Å². The summed E-state index contributed by atoms with van der Waals surface area (Å²) >= 11 is 0. The van der Waals surface area contributed by atoms with Crippen LogP contribution in [0, 0.1) is 0 Å². The summed E-state index contributed by atoms with van der Waals surface area (Å²) in [5.74, 6) is -0.429. The average molecular weight is 370 g/mol. The van der Waals surface area contributed by atoms with Crippen molar-refractivity contribution in [1.82, 2.24) is 9.55 Å². The van der Waals surface area contributed by atoms with E-state index >= 15 is 0 Å². The molecule has 27 heavy (non-hydrogen) atoms. The van der Waals surface area contributed by atoms with Crippen LogP contribution < -0.4 is 10.3 Å². The first-order valence-corrected chi connectivity index (χ1v) is 7.97. The van der Waals surface area contributed by atoms with Crippen LogP contribution >= 0.6 is 0 Å². The maximum Gasteiger partial charge on any atom is 0.387 e. The van der Waals surface area contributed by atoms with Gasteiger partial charge in [0.15, 0.2) is 5.78 Å². The third-order valence-corrected chi connectivity index (χ3v) is 4.07. The van der Waals surface area contributed by atoms with E-state index in [4.69, 9.17) is 4.42 Å². The molecule has 2 aromatic carbocycles. The molecule has 0 radical (unpaired) electrons. The maximum atomic E-state index is 12.6. The molecular weight excluding hydrogens is 358 g/mol. The fourth-order valence-electron chi connectivity index (χ4n) is 2.80. The largest absolute Gasteiger partial charge is 0.448 e. The Bertz CT molecular complexity index is 1200. The number of furan rings is 1. The number of para-hydroxylation sites is 1. The lowest BCUT2D eigenvalue weighted by Crippen LogP contribution is -2.24. The number of alkyl halides is 2. The minimum absolute atomic E-state index is 0.0518. The SMILES string of the molecule is O=C(Cn1cnc2c(oc3ccccc32)c1=O)c1ccc(OC(F)F)cc1. The van der Waals surface area contributed by atoms with Gasteiger partial charge in [0.25, 0.3) is 5.56 Å². The normalized spacial score (nSPS) is 11.4. The van der Waals surface area contributed by atoms with E-state index in [1.54, 1.807) is 18.2 Å². The van der Waals surface area contributed by atoms with E-state index in [2.05, 4.69) is 9.72 Å². The van der Waals surface area contributed by atoms with E-state index in [0.29, 0.717) is 11.1 Å². The Kier molecular flexibility index (Phi) is 4.15. The van der Waals surface area contributed by atoms with Gasteiger partial charge in [0.1, 0.15) is 16.8 Å². The van der Waals surface area contributed by atoms with Crippen LogP contribution in [-0.4, -0.2) is 21.9 Å². The summed E-state index contributed by atoms with van der Waals surface area (Å²) in [4.78, 5) is 29.3. The molecule has 0 spiro atoms. The van der Waals surface area contributed by atoms with Gasteiger partial charge in [-0.25, -0.2) is 4.98 Å². The Morgan fingerprint density at radius 2 is 1.89 bits per heavy atom. The number of aromatic nitrogens is 2. The zero-order chi connectivity index (χ0) is 19.0. The number of hydrogen-bond donors (Lipinski definition) is 0. The third-order valence-electron chi connectivity index (χ3n) is 4.07. The number of rotatable bonds is 5. The van der Waals surface area contributed by atoms with Gasteiger partial charge in [-0.05, 0) is 36.4 Å². The van der Waals surface area contributed by atoms with E-state index < -0.39 is 12.2 Å². The Morgan fingerprint density at radius 3 is 2.63 bits per heavy atom. The molecule has 4 rings (SSSR count). The van der Waals surface area contributed by atoms with Gasteiger partial charge >= 0.3 is 6.61 Å². The molecule has 4 aromatic rings. The molecule has 0 fully saturated rings. The summed E-state index contributed by atoms with van der Waals surface area (Å²) in [6.07, 6.45) is 1.29. The predicted molar refractivity (Wildman–Crippen MR) is 93.2 cm³/mol. The third kappa shape index (κ3) is 3.17. The topological polar surface area (TPSA) is 74.3 Å². The highest BCUT2D eigenvalue weighted by Crippen LogP contribution is 2.24. The van der Waals surface area contributed by atoms with E-state index in [0.717, 1.165) is 9.95 Å². The molecule has 0 unspecified atom stereocenters. The van der Waals surface area contributed by atoms with Crippen LogP contribution in [0.15, 0.2) is 64.1 Å². The average Bonchev–Trinajstić information content (AvgIpc) is 3.03. The zero-order valence-corrected chi connectivity index (χ0v) is 13.8. The van der Waals surface area contributed by atoms with Gasteiger partial charge in [-0.2, -0.15) is 8.78 Å². The molecule has 2 heterocycles. The number of fused-ring (bicyclic) bond motifs is 3. The fourth-order valence-corrected chi connectivity index (χ4v) is 2.80. The van der Waals surface area contributed by atoms with Crippen LogP contribution in [0.4, 0.5) is 8.78 Å². The number of ether oxygens (including phenoxy) is 1. The van der Waals surface area contributed by atoms with Crippen molar-refractivity contribution in [3.8, 4) is 5.75 Å². The molecule has 2 aromatic heterocycles. The first-order valence-electron chi connectivity index (χ1n) is 7.97. The highest BCUT2D eigenvalue weighted by molar-refractivity contribution is 6.02. The highest BCUT2D eigenvalue weighted by Gasteiger charge is 2.15. The van der Waals surface area contributed by atoms with Crippen LogP contribution in [-0.2, 0) is 6.54 Å². The van der Waals surface area contributed by atoms with Crippen molar-refractivity contribution in [2.45, 2.75) is 13.2 Å². The molecule has 0 N–H and O–H groups in total. The molecule has 8 heteroatoms. The van der Waals surface area contributed by atoms with Gasteiger partial charge < -0.3 is 9.15 Å². The maximum absolute atomic E-state index is 12.6. The lowest BCUT2D eigenvalue weighted by Gasteiger charge is -2.06. The number of hydrogen-bond acceptors (Lipinski definition) is 5. The van der Waals surface area contributed by atoms with Crippen molar-refractivity contribution in [2.24, 2.45) is 0 Å². The van der Waals surface area contributed by atoms with Gasteiger partial charge in [0.05, 0.1) is 12.9 Å². The van der Waals surface area contributed by atoms with Crippen LogP contribution in [0.5, 0.6) is 5.75 Å². The number of halogens is 2. The van der Waals surface area contributed by atoms with Gasteiger partial charge in [-0.1, -0.05) is 12.1 Å². The van der Waals surface area contributed by atoms with E-state index in [1.165, 1.54) is 30.6 Å². The van der Waals surface area contributed by atoms with Gasteiger partial charge in [0, 0.05) is 10.9 Å². The lowest BCUT2D eigenvalue weighted by atomic mass is 10.1. The van der Waals surface area contributed by atoms with Gasteiger partial charge in [-0.3, -0.25) is 14.2 Å². The van der Waals surface area contributed by atoms with Crippen LogP contribution in [0.25, 0.3) is 22.1 Å². The fraction of sp³-hybridized carbons (Fsp3) is 0.105. The van der Waals surface area contributed by atoms with Crippen molar-refractivity contribution in [1.29, 1.82) is 0 Å². The Balaban J connectivity index is 1.63. The van der Waals surface area contributed by atoms with Crippen molar-refractivity contribution in [3.05, 3.63) is 70.8 Å². The monoisotopic (exact) mass is 370 g/mol. The molecule has 0 saturated carbocycles. The van der Waals surface area contributed by atoms with E-state index in [1.807, 2.05) is 6.07 Å². The second-order valence-corrected chi connectivity index (χ2v) is 5.78. The van der Waals surface area contributed by atoms with Crippen molar-refractivity contribution < 1.29 is 22.7 Å². The second kappa shape index (κ2) is 6.64. The molecule has 0 saturated heterocycles. The standard InChI is InChI=1S/C19H12F2N2O4/c20-19(21)26-12-7-5-11(6-8-12)14(24)9-23-10-22-16-13-3-1-2-4-15(13)27-17(16)18(23)25/h1-8,10,19H,9H2. The van der Waals surface area contributed by atoms with Crippen LogP contribution in [0.2, 0.25) is 0 Å². The number of benzene rings is 2. The summed E-state index contributed by atoms with van der Waals surface area (Å²) in [7, 11) is 0. The van der Waals surface area contributed by atoms with E-state index in [-0.39, 0.29) is 29.2 Å². The molecule has 0 aliphatic carbocycles. The van der Waals surface area contributed by atoms with Crippen LogP contribution in [0.1, 0.15) is 10.4 Å². The summed E-state index contributed by atoms with van der Waals surface area (Å²) in [5.41, 5.74) is 0.839. The Hall–Kier alpha value is -3.55. The minimum atomic E-state index is -2.94. The minimum Gasteiger partial charge on any atom is -0.448 e. The van der Waals surface area contributed by atoms with E-state index in [9.17, 15) is 18.4 Å². The number of Topliss-reactive ketones (excluding diaryl/α,β-unsaturated/α-hetero) is 1. The van der Waals surface area contributed by atoms with Crippen molar-refractivity contribution >= 4 is 27.9 Å². The Morgan fingerprint density at radius 1 is 1.15 bits per heavy atom. The first kappa shape index (κ1) is 16.9. The molecule has 0 bridgehead atoms. The number of ketones is 1. The predicted octanol–water partition coefficient (Wildman–Crippen LogP) is 3.63.